The molecule has 0 aliphatic carbocycles. The van der Waals surface area contributed by atoms with Crippen LogP contribution >= 0.6 is 0 Å². The van der Waals surface area contributed by atoms with Gasteiger partial charge in [0.15, 0.2) is 5.69 Å². The molecule has 0 radical (unpaired) electrons. The van der Waals surface area contributed by atoms with Crippen LogP contribution in [0, 0.1) is 5.82 Å². The van der Waals surface area contributed by atoms with Crippen LogP contribution in [0.15, 0.2) is 30.6 Å². The Labute approximate surface area is 130 Å². The molecule has 1 atom stereocenters. The van der Waals surface area contributed by atoms with Crippen LogP contribution in [0.25, 0.3) is 0 Å². The highest BCUT2D eigenvalue weighted by molar-refractivity contribution is 6.05. The average Bonchev–Trinajstić information content (AvgIpc) is 2.53. The number of carboxylic acid groups (broad SMARTS) is 1. The monoisotopic (exact) mass is 317 g/mol. The van der Waals surface area contributed by atoms with E-state index >= 15 is 0 Å². The summed E-state index contributed by atoms with van der Waals surface area (Å²) in [6.07, 6.45) is 1.81. The predicted octanol–water partition coefficient (Wildman–Crippen LogP) is 1.74. The number of fused-ring (bicyclic) bond motifs is 1. The fraction of sp³-hybridized carbons (Fsp3) is 0.200. The number of aromatic nitrogens is 2. The Morgan fingerprint density at radius 1 is 1.30 bits per heavy atom. The second kappa shape index (κ2) is 5.64. The molecule has 8 heteroatoms. The third kappa shape index (κ3) is 2.83. The molecule has 1 N–H and O–H groups in total. The van der Waals surface area contributed by atoms with Crippen molar-refractivity contribution in [2.75, 3.05) is 11.4 Å². The molecule has 2 heterocycles. The fourth-order valence-corrected chi connectivity index (χ4v) is 2.29. The third-order valence-electron chi connectivity index (χ3n) is 3.32. The van der Waals surface area contributed by atoms with Gasteiger partial charge in [-0.3, -0.25) is 9.69 Å². The first-order valence-electron chi connectivity index (χ1n) is 6.79. The van der Waals surface area contributed by atoms with Crippen molar-refractivity contribution in [2.45, 2.75) is 13.0 Å². The number of ether oxygens (including phenoxy) is 1. The smallest absolute Gasteiger partial charge is 0.356 e. The molecule has 1 aromatic heterocycles. The Hall–Kier alpha value is -3.03. The number of carboxylic acids is 1. The highest BCUT2D eigenvalue weighted by atomic mass is 19.1. The summed E-state index contributed by atoms with van der Waals surface area (Å²) in [5.74, 6) is -1.88. The second-order valence-electron chi connectivity index (χ2n) is 5.05. The number of anilines is 1. The summed E-state index contributed by atoms with van der Waals surface area (Å²) in [7, 11) is 0. The van der Waals surface area contributed by atoms with Gasteiger partial charge < -0.3 is 9.84 Å². The van der Waals surface area contributed by atoms with Crippen LogP contribution in [0.3, 0.4) is 0 Å². The van der Waals surface area contributed by atoms with E-state index in [4.69, 9.17) is 9.84 Å². The molecule has 0 bridgehead atoms. The third-order valence-corrected chi connectivity index (χ3v) is 3.32. The number of carbonyl (C=O) groups excluding carboxylic acids is 1. The Morgan fingerprint density at radius 3 is 2.65 bits per heavy atom. The molecule has 1 unspecified atom stereocenters. The maximum Gasteiger partial charge on any atom is 0.356 e. The van der Waals surface area contributed by atoms with Crippen LogP contribution in [0.1, 0.15) is 27.9 Å². The van der Waals surface area contributed by atoms with Crippen molar-refractivity contribution < 1.29 is 23.8 Å². The standard InChI is InChI=1S/C15H12FN3O4/c1-8-7-19(12-3-2-9(16)4-13(12)23-8)14(20)10-5-18-11(6-17-10)15(21)22/h2-6,8H,7H2,1H3,(H,21,22). The topological polar surface area (TPSA) is 92.6 Å². The number of hydrogen-bond donors (Lipinski definition) is 1. The summed E-state index contributed by atoms with van der Waals surface area (Å²) in [6, 6.07) is 3.90. The van der Waals surface area contributed by atoms with Crippen molar-refractivity contribution in [1.82, 2.24) is 9.97 Å². The zero-order chi connectivity index (χ0) is 16.6. The summed E-state index contributed by atoms with van der Waals surface area (Å²) in [5, 5.41) is 8.80. The van der Waals surface area contributed by atoms with Crippen LogP contribution in [0.2, 0.25) is 0 Å². The molecule has 1 aliphatic rings. The van der Waals surface area contributed by atoms with Gasteiger partial charge in [-0.05, 0) is 19.1 Å². The quantitative estimate of drug-likeness (QED) is 0.907. The van der Waals surface area contributed by atoms with Gasteiger partial charge in [0, 0.05) is 6.07 Å². The van der Waals surface area contributed by atoms with Crippen LogP contribution in [0.4, 0.5) is 10.1 Å². The van der Waals surface area contributed by atoms with Crippen molar-refractivity contribution in [3.8, 4) is 5.75 Å². The minimum Gasteiger partial charge on any atom is -0.487 e. The highest BCUT2D eigenvalue weighted by Gasteiger charge is 2.29. The van der Waals surface area contributed by atoms with E-state index in [0.717, 1.165) is 12.4 Å². The lowest BCUT2D eigenvalue weighted by Gasteiger charge is -2.33. The lowest BCUT2D eigenvalue weighted by Crippen LogP contribution is -2.42. The van der Waals surface area contributed by atoms with Crippen molar-refractivity contribution in [3.05, 3.63) is 47.8 Å². The first kappa shape index (κ1) is 14.9. The number of rotatable bonds is 2. The van der Waals surface area contributed by atoms with Crippen LogP contribution in [-0.4, -0.2) is 39.6 Å². The number of aromatic carboxylic acids is 1. The zero-order valence-electron chi connectivity index (χ0n) is 12.1. The number of amides is 1. The van der Waals surface area contributed by atoms with E-state index < -0.39 is 17.7 Å². The Balaban J connectivity index is 1.95. The van der Waals surface area contributed by atoms with Gasteiger partial charge in [0.25, 0.3) is 5.91 Å². The summed E-state index contributed by atoms with van der Waals surface area (Å²) in [5.41, 5.74) is 0.178. The first-order valence-corrected chi connectivity index (χ1v) is 6.79. The maximum atomic E-state index is 13.3. The zero-order valence-corrected chi connectivity index (χ0v) is 12.1. The average molecular weight is 317 g/mol. The van der Waals surface area contributed by atoms with Crippen molar-refractivity contribution in [2.24, 2.45) is 0 Å². The maximum absolute atomic E-state index is 13.3. The molecule has 0 fully saturated rings. The summed E-state index contributed by atoms with van der Waals surface area (Å²) >= 11 is 0. The van der Waals surface area contributed by atoms with E-state index in [2.05, 4.69) is 9.97 Å². The number of halogens is 1. The first-order chi connectivity index (χ1) is 11.0. The number of nitrogens with zero attached hydrogens (tertiary/aromatic N) is 3. The van der Waals surface area contributed by atoms with E-state index in [1.807, 2.05) is 0 Å². The molecule has 3 rings (SSSR count). The molecule has 0 saturated heterocycles. The normalized spacial score (nSPS) is 16.4. The van der Waals surface area contributed by atoms with E-state index in [1.54, 1.807) is 6.92 Å². The van der Waals surface area contributed by atoms with Gasteiger partial charge in [-0.2, -0.15) is 0 Å². The van der Waals surface area contributed by atoms with Crippen LogP contribution < -0.4 is 9.64 Å². The van der Waals surface area contributed by atoms with E-state index in [0.29, 0.717) is 5.69 Å². The van der Waals surface area contributed by atoms with Gasteiger partial charge in [0.1, 0.15) is 23.4 Å². The van der Waals surface area contributed by atoms with Crippen LogP contribution in [0.5, 0.6) is 5.75 Å². The molecule has 118 valence electrons. The lowest BCUT2D eigenvalue weighted by atomic mass is 10.2. The van der Waals surface area contributed by atoms with Gasteiger partial charge in [-0.1, -0.05) is 0 Å². The Kier molecular flexibility index (Phi) is 3.65. The van der Waals surface area contributed by atoms with Crippen molar-refractivity contribution in [3.63, 3.8) is 0 Å². The summed E-state index contributed by atoms with van der Waals surface area (Å²) in [4.78, 5) is 32.3. The molecule has 0 saturated carbocycles. The Morgan fingerprint density at radius 2 is 2.00 bits per heavy atom. The molecule has 7 nitrogen and oxygen atoms in total. The minimum atomic E-state index is -1.22. The highest BCUT2D eigenvalue weighted by Crippen LogP contribution is 2.34. The van der Waals surface area contributed by atoms with E-state index in [1.165, 1.54) is 23.1 Å². The second-order valence-corrected chi connectivity index (χ2v) is 5.05. The van der Waals surface area contributed by atoms with Crippen molar-refractivity contribution in [1.29, 1.82) is 0 Å². The van der Waals surface area contributed by atoms with Gasteiger partial charge in [-0.15, -0.1) is 0 Å². The molecule has 1 aliphatic heterocycles. The van der Waals surface area contributed by atoms with Gasteiger partial charge in [0.2, 0.25) is 0 Å². The van der Waals surface area contributed by atoms with E-state index in [9.17, 15) is 14.0 Å². The molecule has 0 spiro atoms. The van der Waals surface area contributed by atoms with Crippen molar-refractivity contribution >= 4 is 17.6 Å². The predicted molar refractivity (Wildman–Crippen MR) is 77.2 cm³/mol. The summed E-state index contributed by atoms with van der Waals surface area (Å²) < 4.78 is 18.9. The minimum absolute atomic E-state index is 0.000579. The fourth-order valence-electron chi connectivity index (χ4n) is 2.29. The van der Waals surface area contributed by atoms with Gasteiger partial charge in [-0.25, -0.2) is 19.2 Å². The molecular formula is C15H12FN3O4. The largest absolute Gasteiger partial charge is 0.487 e. The van der Waals surface area contributed by atoms with E-state index in [-0.39, 0.29) is 29.8 Å². The number of benzene rings is 1. The SMILES string of the molecule is CC1CN(C(=O)c2cnc(C(=O)O)cn2)c2ccc(F)cc2O1. The molecular weight excluding hydrogens is 305 g/mol. The lowest BCUT2D eigenvalue weighted by molar-refractivity contribution is 0.0689. The Bertz CT molecular complexity index is 779. The number of carbonyl (C=O) groups is 2. The summed E-state index contributed by atoms with van der Waals surface area (Å²) in [6.45, 7) is 2.02. The van der Waals surface area contributed by atoms with Crippen LogP contribution in [-0.2, 0) is 0 Å². The molecule has 1 aromatic carbocycles. The molecule has 2 aromatic rings. The molecule has 1 amide bonds. The van der Waals surface area contributed by atoms with Gasteiger partial charge in [0.05, 0.1) is 24.6 Å². The molecule has 23 heavy (non-hydrogen) atoms. The van der Waals surface area contributed by atoms with Gasteiger partial charge >= 0.3 is 5.97 Å². The number of hydrogen-bond acceptors (Lipinski definition) is 5.